The van der Waals surface area contributed by atoms with Crippen LogP contribution in [0.3, 0.4) is 0 Å². The number of rotatable bonds is 4. The molecule has 0 aliphatic carbocycles. The minimum atomic E-state index is -0.262. The Morgan fingerprint density at radius 1 is 1.54 bits per heavy atom. The maximum absolute atomic E-state index is 8.31. The molecule has 0 amide bonds. The molecule has 0 saturated heterocycles. The van der Waals surface area contributed by atoms with Gasteiger partial charge in [-0.05, 0) is 11.1 Å². The Morgan fingerprint density at radius 2 is 2.23 bits per heavy atom. The van der Waals surface area contributed by atoms with Crippen LogP contribution in [0.15, 0.2) is 35.4 Å². The summed E-state index contributed by atoms with van der Waals surface area (Å²) in [6.07, 6.45) is 0. The second kappa shape index (κ2) is 8.01. The molecule has 2 unspecified atom stereocenters. The summed E-state index contributed by atoms with van der Waals surface area (Å²) in [5.41, 5.74) is 9.26. The smallest absolute Gasteiger partial charge is 0.112 e. The fourth-order valence-electron chi connectivity index (χ4n) is 0.823. The van der Waals surface area contributed by atoms with E-state index >= 15 is 0 Å². The van der Waals surface area contributed by atoms with Crippen molar-refractivity contribution < 1.29 is 40.8 Å². The van der Waals surface area contributed by atoms with Crippen molar-refractivity contribution >= 4 is 19.8 Å². The fourth-order valence-corrected chi connectivity index (χ4v) is 1.76. The van der Waals surface area contributed by atoms with Gasteiger partial charge in [-0.1, -0.05) is 43.8 Å². The zero-order chi connectivity index (χ0) is 9.52. The fraction of sp³-hybridized carbons (Fsp3) is 0.143. The molecule has 1 aromatic carbocycles. The van der Waals surface area contributed by atoms with E-state index in [0.717, 1.165) is 5.56 Å². The molecular weight excluding hydrogens is 333 g/mol. The maximum Gasteiger partial charge on any atom is 0.112 e. The molecule has 0 spiro atoms. The second-order valence-electron chi connectivity index (χ2n) is 2.09. The standard InChI is InChI=1S/C7H8N3PS.Nd/c8-10-9-7(12-11)6-4-2-1-3-5-6;/h1-5,7H,11H2;/i11T;. The molecule has 0 N–H and O–H groups in total. The quantitative estimate of drug-likeness (QED) is 0.357. The third-order valence-electron chi connectivity index (χ3n) is 1.35. The Balaban J connectivity index is 0.00000169. The van der Waals surface area contributed by atoms with Crippen LogP contribution in [0.4, 0.5) is 0 Å². The Kier molecular flexibility index (Phi) is 7.23. The summed E-state index contributed by atoms with van der Waals surface area (Å²) in [7, 11) is -0.0247. The van der Waals surface area contributed by atoms with Crippen LogP contribution in [0.25, 0.3) is 10.4 Å². The summed E-state index contributed by atoms with van der Waals surface area (Å²) in [5, 5.41) is 3.35. The Morgan fingerprint density at radius 3 is 2.77 bits per heavy atom. The minimum absolute atomic E-state index is 0. The summed E-state index contributed by atoms with van der Waals surface area (Å²) in [4.78, 5) is 2.76. The molecule has 0 radical (unpaired) electrons. The van der Waals surface area contributed by atoms with Gasteiger partial charge in [-0.3, -0.25) is 0 Å². The second-order valence-corrected chi connectivity index (χ2v) is 3.48. The molecule has 0 aromatic heterocycles. The van der Waals surface area contributed by atoms with Crippen molar-refractivity contribution in [3.8, 4) is 0 Å². The first-order valence-corrected chi connectivity index (χ1v) is 5.40. The molecule has 1 aromatic rings. The van der Waals surface area contributed by atoms with Gasteiger partial charge in [-0.25, -0.2) is 0 Å². The van der Waals surface area contributed by atoms with Gasteiger partial charge < -0.3 is 0 Å². The van der Waals surface area contributed by atoms with E-state index in [1.54, 1.807) is 0 Å². The molecule has 3 nitrogen and oxygen atoms in total. The zero-order valence-electron chi connectivity index (χ0n) is 7.71. The number of azide groups is 1. The molecule has 0 fully saturated rings. The van der Waals surface area contributed by atoms with Gasteiger partial charge in [0, 0.05) is 45.8 Å². The Labute approximate surface area is 117 Å². The largest absolute Gasteiger partial charge is 0.127 e. The summed E-state index contributed by atoms with van der Waals surface area (Å²) < 4.78 is 7.07. The van der Waals surface area contributed by atoms with Gasteiger partial charge in [-0.15, -0.1) is 11.4 Å². The van der Waals surface area contributed by atoms with Crippen LogP contribution in [0.1, 0.15) is 10.9 Å². The molecule has 13 heavy (non-hydrogen) atoms. The van der Waals surface area contributed by atoms with Crippen LogP contribution in [-0.4, -0.2) is 1.28 Å². The van der Waals surface area contributed by atoms with Gasteiger partial charge in [0.2, 0.25) is 0 Å². The molecule has 0 saturated carbocycles. The first-order valence-electron chi connectivity index (χ1n) is 3.80. The van der Waals surface area contributed by atoms with Gasteiger partial charge in [0.1, 0.15) is 5.37 Å². The topological polar surface area (TPSA) is 48.8 Å². The van der Waals surface area contributed by atoms with E-state index in [1.807, 2.05) is 30.3 Å². The van der Waals surface area contributed by atoms with Crippen molar-refractivity contribution in [1.29, 1.82) is 1.28 Å². The molecule has 0 heterocycles. The van der Waals surface area contributed by atoms with Gasteiger partial charge in [0.25, 0.3) is 0 Å². The van der Waals surface area contributed by atoms with Crippen LogP contribution in [0, 0.1) is 40.8 Å². The molecule has 0 bridgehead atoms. The molecular formula is C7H8N3NdPS. The van der Waals surface area contributed by atoms with Crippen molar-refractivity contribution in [3.63, 3.8) is 0 Å². The summed E-state index contributed by atoms with van der Waals surface area (Å²) in [6, 6.07) is 9.48. The van der Waals surface area contributed by atoms with E-state index < -0.39 is 0 Å². The SMILES string of the molecule is [3H]PSC(N=[N+]=[N-])c1ccccc1.[Nd]. The predicted molar refractivity (Wildman–Crippen MR) is 55.6 cm³/mol. The van der Waals surface area contributed by atoms with Crippen molar-refractivity contribution in [1.82, 2.24) is 0 Å². The average molecular weight is 343 g/mol. The van der Waals surface area contributed by atoms with E-state index in [4.69, 9.17) is 6.81 Å². The molecule has 0 aliphatic heterocycles. The summed E-state index contributed by atoms with van der Waals surface area (Å²) in [5.74, 6) is 0. The summed E-state index contributed by atoms with van der Waals surface area (Å²) in [6.45, 7) is 0. The molecule has 2 atom stereocenters. The molecule has 0 aliphatic rings. The van der Waals surface area contributed by atoms with Crippen molar-refractivity contribution in [3.05, 3.63) is 46.3 Å². The van der Waals surface area contributed by atoms with Gasteiger partial charge in [0.05, 0.1) is 1.28 Å². The van der Waals surface area contributed by atoms with Gasteiger partial charge in [-0.2, -0.15) is 0 Å². The monoisotopic (exact) mass is 341 g/mol. The minimum Gasteiger partial charge on any atom is -0.127 e. The van der Waals surface area contributed by atoms with Gasteiger partial charge in [0.15, 0.2) is 0 Å². The van der Waals surface area contributed by atoms with Gasteiger partial charge >= 0.3 is 0 Å². The third-order valence-corrected chi connectivity index (χ3v) is 2.61. The van der Waals surface area contributed by atoms with Crippen LogP contribution in [0.2, 0.25) is 0 Å². The van der Waals surface area contributed by atoms with Crippen LogP contribution >= 0.6 is 19.8 Å². The van der Waals surface area contributed by atoms with E-state index in [9.17, 15) is 0 Å². The molecule has 6 heteroatoms. The van der Waals surface area contributed by atoms with Crippen molar-refractivity contribution in [2.24, 2.45) is 5.11 Å². The van der Waals surface area contributed by atoms with Crippen LogP contribution < -0.4 is 0 Å². The molecule has 1 rings (SSSR count). The van der Waals surface area contributed by atoms with E-state index in [-0.39, 0.29) is 54.6 Å². The average Bonchev–Trinajstić information content (AvgIpc) is 2.19. The van der Waals surface area contributed by atoms with Crippen LogP contribution in [0.5, 0.6) is 0 Å². The Bertz CT molecular complexity index is 307. The third kappa shape index (κ3) is 4.61. The first-order chi connectivity index (χ1) is 6.38. The first kappa shape index (κ1) is 11.7. The summed E-state index contributed by atoms with van der Waals surface area (Å²) >= 11 is 1.33. The van der Waals surface area contributed by atoms with E-state index in [1.165, 1.54) is 11.4 Å². The zero-order valence-corrected chi connectivity index (χ0v) is 11.7. The molecule has 66 valence electrons. The predicted octanol–water partition coefficient (Wildman–Crippen LogP) is 3.52. The number of hydrogen-bond donors (Lipinski definition) is 0. The van der Waals surface area contributed by atoms with Crippen molar-refractivity contribution in [2.75, 3.05) is 0 Å². The van der Waals surface area contributed by atoms with E-state index in [2.05, 4.69) is 10.0 Å². The number of hydrogen-bond acceptors (Lipinski definition) is 2. The number of benzene rings is 1. The van der Waals surface area contributed by atoms with Crippen molar-refractivity contribution in [2.45, 2.75) is 5.37 Å². The van der Waals surface area contributed by atoms with E-state index in [0.29, 0.717) is 0 Å². The normalized spacial score (nSPS) is 12.8. The number of nitrogens with zero attached hydrogens (tertiary/aromatic N) is 3. The maximum atomic E-state index is 8.31. The Hall–Kier alpha value is 0.661. The van der Waals surface area contributed by atoms with Crippen LogP contribution in [-0.2, 0) is 0 Å².